The van der Waals surface area contributed by atoms with Gasteiger partial charge in [0.25, 0.3) is 0 Å². The van der Waals surface area contributed by atoms with Crippen molar-refractivity contribution >= 4 is 0 Å². The van der Waals surface area contributed by atoms with Gasteiger partial charge in [-0.2, -0.15) is 18.3 Å². The third-order valence-corrected chi connectivity index (χ3v) is 2.41. The second kappa shape index (κ2) is 4.93. The lowest BCUT2D eigenvalue weighted by Gasteiger charge is -2.08. The van der Waals surface area contributed by atoms with E-state index in [1.165, 1.54) is 23.0 Å². The SMILES string of the molecule is CC(N)n1cc(Oc2ccc(C(F)(F)F)cc2)cn1. The molecule has 0 amide bonds. The Hall–Kier alpha value is -2.02. The van der Waals surface area contributed by atoms with Gasteiger partial charge >= 0.3 is 6.18 Å². The summed E-state index contributed by atoms with van der Waals surface area (Å²) in [6.45, 7) is 1.74. The molecule has 102 valence electrons. The van der Waals surface area contributed by atoms with Gasteiger partial charge in [0, 0.05) is 0 Å². The highest BCUT2D eigenvalue weighted by Gasteiger charge is 2.30. The van der Waals surface area contributed by atoms with Crippen molar-refractivity contribution in [3.63, 3.8) is 0 Å². The summed E-state index contributed by atoms with van der Waals surface area (Å²) in [4.78, 5) is 0. The number of hydrogen-bond acceptors (Lipinski definition) is 3. The quantitative estimate of drug-likeness (QED) is 0.932. The first kappa shape index (κ1) is 13.4. The van der Waals surface area contributed by atoms with Gasteiger partial charge < -0.3 is 10.5 Å². The molecule has 0 saturated heterocycles. The van der Waals surface area contributed by atoms with Crippen molar-refractivity contribution in [1.82, 2.24) is 9.78 Å². The summed E-state index contributed by atoms with van der Waals surface area (Å²) >= 11 is 0. The summed E-state index contributed by atoms with van der Waals surface area (Å²) in [5.41, 5.74) is 4.89. The highest BCUT2D eigenvalue weighted by atomic mass is 19.4. The molecule has 0 aliphatic rings. The second-order valence-electron chi connectivity index (χ2n) is 4.02. The fraction of sp³-hybridized carbons (Fsp3) is 0.250. The Morgan fingerprint density at radius 1 is 1.21 bits per heavy atom. The number of rotatable bonds is 3. The van der Waals surface area contributed by atoms with Gasteiger partial charge in [0.1, 0.15) is 5.75 Å². The Labute approximate surface area is 107 Å². The first-order valence-electron chi connectivity index (χ1n) is 5.51. The summed E-state index contributed by atoms with van der Waals surface area (Å²) in [5, 5.41) is 3.96. The maximum Gasteiger partial charge on any atom is 0.416 e. The van der Waals surface area contributed by atoms with Gasteiger partial charge in [0.05, 0.1) is 24.1 Å². The molecule has 1 heterocycles. The molecule has 4 nitrogen and oxygen atoms in total. The van der Waals surface area contributed by atoms with Crippen molar-refractivity contribution in [3.05, 3.63) is 42.2 Å². The molecule has 0 aliphatic heterocycles. The highest BCUT2D eigenvalue weighted by Crippen LogP contribution is 2.31. The van der Waals surface area contributed by atoms with Crippen LogP contribution in [0.25, 0.3) is 0 Å². The van der Waals surface area contributed by atoms with Gasteiger partial charge in [-0.25, -0.2) is 0 Å². The van der Waals surface area contributed by atoms with Crippen molar-refractivity contribution in [2.45, 2.75) is 19.3 Å². The van der Waals surface area contributed by atoms with Gasteiger partial charge in [-0.15, -0.1) is 0 Å². The van der Waals surface area contributed by atoms with E-state index in [4.69, 9.17) is 10.5 Å². The predicted molar refractivity (Wildman–Crippen MR) is 62.6 cm³/mol. The average Bonchev–Trinajstić information content (AvgIpc) is 2.77. The summed E-state index contributed by atoms with van der Waals surface area (Å²) in [7, 11) is 0. The molecule has 1 atom stereocenters. The molecule has 0 bridgehead atoms. The van der Waals surface area contributed by atoms with Crippen LogP contribution in [0.1, 0.15) is 18.7 Å². The molecule has 2 rings (SSSR count). The van der Waals surface area contributed by atoms with Crippen LogP contribution in [0.4, 0.5) is 13.2 Å². The Morgan fingerprint density at radius 3 is 2.32 bits per heavy atom. The predicted octanol–water partition coefficient (Wildman–Crippen LogP) is 3.17. The fourth-order valence-corrected chi connectivity index (χ4v) is 1.44. The van der Waals surface area contributed by atoms with Crippen molar-refractivity contribution in [2.75, 3.05) is 0 Å². The molecule has 7 heteroatoms. The van der Waals surface area contributed by atoms with Gasteiger partial charge in [-0.1, -0.05) is 0 Å². The molecular formula is C12H12F3N3O. The Balaban J connectivity index is 2.11. The normalized spacial score (nSPS) is 13.3. The van der Waals surface area contributed by atoms with Crippen molar-refractivity contribution < 1.29 is 17.9 Å². The first-order valence-corrected chi connectivity index (χ1v) is 5.51. The molecule has 1 aromatic carbocycles. The lowest BCUT2D eigenvalue weighted by molar-refractivity contribution is -0.137. The topological polar surface area (TPSA) is 53.1 Å². The van der Waals surface area contributed by atoms with Crippen molar-refractivity contribution in [2.24, 2.45) is 5.73 Å². The van der Waals surface area contributed by atoms with E-state index in [1.54, 1.807) is 13.1 Å². The van der Waals surface area contributed by atoms with Crippen LogP contribution in [0, 0.1) is 0 Å². The van der Waals surface area contributed by atoms with Crippen LogP contribution in [-0.4, -0.2) is 9.78 Å². The van der Waals surface area contributed by atoms with Crippen LogP contribution in [0.15, 0.2) is 36.7 Å². The van der Waals surface area contributed by atoms with Crippen molar-refractivity contribution in [1.29, 1.82) is 0 Å². The monoisotopic (exact) mass is 271 g/mol. The number of nitrogens with zero attached hydrogens (tertiary/aromatic N) is 2. The number of nitrogens with two attached hydrogens (primary N) is 1. The summed E-state index contributed by atoms with van der Waals surface area (Å²) in [5.74, 6) is 0.717. The van der Waals surface area contributed by atoms with Gasteiger partial charge in [-0.3, -0.25) is 4.68 Å². The number of aromatic nitrogens is 2. The molecule has 2 aromatic rings. The Bertz CT molecular complexity index is 546. The van der Waals surface area contributed by atoms with E-state index >= 15 is 0 Å². The molecule has 0 fully saturated rings. The van der Waals surface area contributed by atoms with E-state index in [2.05, 4.69) is 5.10 Å². The van der Waals surface area contributed by atoms with Gasteiger partial charge in [0.15, 0.2) is 5.75 Å². The molecule has 0 aliphatic carbocycles. The van der Waals surface area contributed by atoms with Crippen molar-refractivity contribution in [3.8, 4) is 11.5 Å². The van der Waals surface area contributed by atoms with Gasteiger partial charge in [-0.05, 0) is 31.2 Å². The zero-order valence-corrected chi connectivity index (χ0v) is 10.1. The minimum absolute atomic E-state index is 0.301. The first-order chi connectivity index (χ1) is 8.86. The number of ether oxygens (including phenoxy) is 1. The average molecular weight is 271 g/mol. The zero-order valence-electron chi connectivity index (χ0n) is 10.1. The lowest BCUT2D eigenvalue weighted by Crippen LogP contribution is -2.14. The molecule has 1 aromatic heterocycles. The minimum atomic E-state index is -4.35. The Kier molecular flexibility index (Phi) is 3.48. The van der Waals surface area contributed by atoms with Crippen LogP contribution >= 0.6 is 0 Å². The zero-order chi connectivity index (χ0) is 14.0. The van der Waals surface area contributed by atoms with E-state index in [1.807, 2.05) is 0 Å². The fourth-order valence-electron chi connectivity index (χ4n) is 1.44. The number of alkyl halides is 3. The summed E-state index contributed by atoms with van der Waals surface area (Å²) in [6, 6.07) is 4.44. The molecule has 19 heavy (non-hydrogen) atoms. The summed E-state index contributed by atoms with van der Waals surface area (Å²) < 4.78 is 44.0. The smallest absolute Gasteiger partial charge is 0.416 e. The van der Waals surface area contributed by atoms with E-state index in [0.29, 0.717) is 11.5 Å². The molecular weight excluding hydrogens is 259 g/mol. The largest absolute Gasteiger partial charge is 0.454 e. The van der Waals surface area contributed by atoms with Crippen LogP contribution in [-0.2, 0) is 6.18 Å². The summed E-state index contributed by atoms with van der Waals surface area (Å²) in [6.07, 6.45) is -1.63. The van der Waals surface area contributed by atoms with Crippen LogP contribution in [0.3, 0.4) is 0 Å². The lowest BCUT2D eigenvalue weighted by atomic mass is 10.2. The molecule has 2 N–H and O–H groups in total. The molecule has 1 unspecified atom stereocenters. The maximum absolute atomic E-state index is 12.4. The van der Waals surface area contributed by atoms with Crippen LogP contribution in [0.5, 0.6) is 11.5 Å². The van der Waals surface area contributed by atoms with E-state index in [-0.39, 0.29) is 6.17 Å². The third kappa shape index (κ3) is 3.25. The minimum Gasteiger partial charge on any atom is -0.454 e. The second-order valence-corrected chi connectivity index (χ2v) is 4.02. The van der Waals surface area contributed by atoms with Crippen LogP contribution in [0.2, 0.25) is 0 Å². The van der Waals surface area contributed by atoms with E-state index in [9.17, 15) is 13.2 Å². The molecule has 0 saturated carbocycles. The van der Waals surface area contributed by atoms with Gasteiger partial charge in [0.2, 0.25) is 0 Å². The van der Waals surface area contributed by atoms with E-state index in [0.717, 1.165) is 12.1 Å². The van der Waals surface area contributed by atoms with Crippen LogP contribution < -0.4 is 10.5 Å². The highest BCUT2D eigenvalue weighted by molar-refractivity contribution is 5.32. The standard InChI is InChI=1S/C12H12F3N3O/c1-8(16)18-7-11(6-17-18)19-10-4-2-9(3-5-10)12(13,14)15/h2-8H,16H2,1H3. The third-order valence-electron chi connectivity index (χ3n) is 2.41. The number of benzene rings is 1. The number of hydrogen-bond donors (Lipinski definition) is 1. The molecule has 0 radical (unpaired) electrons. The Morgan fingerprint density at radius 2 is 1.84 bits per heavy atom. The number of halogens is 3. The maximum atomic E-state index is 12.4. The van der Waals surface area contributed by atoms with E-state index < -0.39 is 11.7 Å². The molecule has 0 spiro atoms.